The maximum absolute atomic E-state index is 11.8. The Morgan fingerprint density at radius 3 is 1.52 bits per heavy atom. The van der Waals surface area contributed by atoms with Crippen LogP contribution < -0.4 is 20.9 Å². The second-order valence-corrected chi connectivity index (χ2v) is 16.4. The van der Waals surface area contributed by atoms with Gasteiger partial charge in [-0.05, 0) is 85.3 Å². The Morgan fingerprint density at radius 1 is 0.556 bits per heavy atom. The number of ether oxygens (including phenoxy) is 3. The quantitative estimate of drug-likeness (QED) is 0.142. The number of ketones is 1. The van der Waals surface area contributed by atoms with Gasteiger partial charge in [0.1, 0.15) is 64.4 Å². The standard InChI is InChI=1S/C27H29N5O2.C23H20N4O2/c28-26-25-24(19-6-10-23(11-7-19)34-22-4-2-1-3-5-22)17-32(27(25)30-18-29-26)21-9-8-20(16-21)31-12-14-33-15-13-31;24-22-21-20(13-27(23(21)26-14-25-22)16-8-9-17(28)12-16)15-6-10-19(11-7-15)29-18-4-2-1-3-5-18/h1-7,10-11,17-18,20-21H,8-9,12-16H2,(H2,28,29,30);1-7,10-11,13-14,16H,8-9,12H2,(H2,24,25,26). The molecule has 318 valence electrons. The highest BCUT2D eigenvalue weighted by molar-refractivity contribution is 6.01. The zero-order valence-electron chi connectivity index (χ0n) is 34.9. The van der Waals surface area contributed by atoms with Crippen LogP contribution in [0.5, 0.6) is 23.0 Å². The molecule has 13 nitrogen and oxygen atoms in total. The lowest BCUT2D eigenvalue weighted by molar-refractivity contribution is -0.117. The first-order valence-electron chi connectivity index (χ1n) is 21.7. The van der Waals surface area contributed by atoms with Gasteiger partial charge in [-0.15, -0.1) is 0 Å². The molecule has 1 aliphatic heterocycles. The van der Waals surface area contributed by atoms with E-state index in [2.05, 4.69) is 52.3 Å². The Bertz CT molecular complexity index is 2840. The van der Waals surface area contributed by atoms with Crippen molar-refractivity contribution in [3.05, 3.63) is 134 Å². The zero-order chi connectivity index (χ0) is 42.7. The van der Waals surface area contributed by atoms with Crippen molar-refractivity contribution >= 4 is 39.5 Å². The van der Waals surface area contributed by atoms with Crippen molar-refractivity contribution in [2.24, 2.45) is 0 Å². The number of nitrogen functional groups attached to an aromatic ring is 2. The van der Waals surface area contributed by atoms with E-state index in [4.69, 9.17) is 25.7 Å². The van der Waals surface area contributed by atoms with E-state index in [-0.39, 0.29) is 6.04 Å². The predicted octanol–water partition coefficient (Wildman–Crippen LogP) is 9.67. The van der Waals surface area contributed by atoms with Crippen LogP contribution in [0.25, 0.3) is 44.3 Å². The zero-order valence-corrected chi connectivity index (χ0v) is 34.9. The third-order valence-corrected chi connectivity index (χ3v) is 12.5. The number of aromatic nitrogens is 6. The summed E-state index contributed by atoms with van der Waals surface area (Å²) in [7, 11) is 0. The number of para-hydroxylation sites is 2. The number of anilines is 2. The van der Waals surface area contributed by atoms with Crippen molar-refractivity contribution in [2.75, 3.05) is 37.8 Å². The number of carbonyl (C=O) groups excluding carboxylic acids is 1. The molecule has 4 aromatic heterocycles. The van der Waals surface area contributed by atoms with Crippen LogP contribution in [-0.2, 0) is 9.53 Å². The van der Waals surface area contributed by atoms with Crippen LogP contribution in [0.4, 0.5) is 11.6 Å². The first kappa shape index (κ1) is 40.0. The van der Waals surface area contributed by atoms with E-state index in [1.165, 1.54) is 12.7 Å². The highest BCUT2D eigenvalue weighted by Crippen LogP contribution is 2.41. The molecule has 3 unspecified atom stereocenters. The Kier molecular flexibility index (Phi) is 11.3. The molecule has 0 bridgehead atoms. The van der Waals surface area contributed by atoms with Crippen LogP contribution in [0.15, 0.2) is 134 Å². The average Bonchev–Trinajstić information content (AvgIpc) is 4.14. The predicted molar refractivity (Wildman–Crippen MR) is 245 cm³/mol. The maximum atomic E-state index is 11.8. The van der Waals surface area contributed by atoms with E-state index in [1.807, 2.05) is 103 Å². The molecule has 13 heteroatoms. The third-order valence-electron chi connectivity index (χ3n) is 12.5. The molecular formula is C50H49N9O4. The van der Waals surface area contributed by atoms with Crippen LogP contribution in [-0.4, -0.2) is 72.1 Å². The molecule has 3 fully saturated rings. The minimum atomic E-state index is 0.119. The molecule has 11 rings (SSSR count). The van der Waals surface area contributed by atoms with Crippen molar-refractivity contribution in [1.29, 1.82) is 0 Å². The van der Waals surface area contributed by atoms with Gasteiger partial charge in [-0.3, -0.25) is 9.69 Å². The molecule has 0 spiro atoms. The monoisotopic (exact) mass is 839 g/mol. The number of fused-ring (bicyclic) bond motifs is 2. The minimum Gasteiger partial charge on any atom is -0.457 e. The first-order valence-corrected chi connectivity index (χ1v) is 21.7. The van der Waals surface area contributed by atoms with E-state index >= 15 is 0 Å². The highest BCUT2D eigenvalue weighted by Gasteiger charge is 2.33. The number of hydrogen-bond donors (Lipinski definition) is 2. The summed E-state index contributed by atoms with van der Waals surface area (Å²) in [5, 5.41) is 1.75. The van der Waals surface area contributed by atoms with Crippen molar-refractivity contribution in [3.63, 3.8) is 0 Å². The van der Waals surface area contributed by atoms with Gasteiger partial charge in [0.15, 0.2) is 0 Å². The van der Waals surface area contributed by atoms with Gasteiger partial charge in [-0.1, -0.05) is 60.7 Å². The van der Waals surface area contributed by atoms with Crippen LogP contribution >= 0.6 is 0 Å². The number of Topliss-reactive ketones (excluding diaryl/α,β-unsaturated/α-hetero) is 1. The second kappa shape index (κ2) is 17.7. The number of carbonyl (C=O) groups is 1. The molecule has 2 aliphatic carbocycles. The summed E-state index contributed by atoms with van der Waals surface area (Å²) in [5.41, 5.74) is 18.4. The average molecular weight is 840 g/mol. The number of rotatable bonds is 9. The normalized spacial score (nSPS) is 19.0. The topological polar surface area (TPSA) is 161 Å². The molecule has 2 saturated carbocycles. The van der Waals surface area contributed by atoms with Crippen molar-refractivity contribution < 1.29 is 19.0 Å². The molecule has 8 aromatic rings. The van der Waals surface area contributed by atoms with Gasteiger partial charge in [-0.2, -0.15) is 0 Å². The van der Waals surface area contributed by atoms with Crippen molar-refractivity contribution in [3.8, 4) is 45.3 Å². The molecular weight excluding hydrogens is 791 g/mol. The number of hydrogen-bond acceptors (Lipinski definition) is 11. The molecule has 3 atom stereocenters. The smallest absolute Gasteiger partial charge is 0.146 e. The Hall–Kier alpha value is -7.09. The molecule has 3 aliphatic rings. The summed E-state index contributed by atoms with van der Waals surface area (Å²) < 4.78 is 21.8. The molecule has 1 saturated heterocycles. The van der Waals surface area contributed by atoms with Gasteiger partial charge in [-0.25, -0.2) is 19.9 Å². The third kappa shape index (κ3) is 8.45. The number of nitrogens with two attached hydrogens (primary N) is 2. The number of benzene rings is 4. The maximum Gasteiger partial charge on any atom is 0.146 e. The molecule has 5 heterocycles. The summed E-state index contributed by atoms with van der Waals surface area (Å²) in [6.07, 6.45) is 12.8. The lowest BCUT2D eigenvalue weighted by atomic mass is 10.1. The van der Waals surface area contributed by atoms with Crippen LogP contribution in [0.1, 0.15) is 50.6 Å². The van der Waals surface area contributed by atoms with E-state index in [1.54, 1.807) is 6.33 Å². The van der Waals surface area contributed by atoms with Crippen LogP contribution in [0, 0.1) is 0 Å². The number of nitrogens with zero attached hydrogens (tertiary/aromatic N) is 7. The second-order valence-electron chi connectivity index (χ2n) is 16.4. The van der Waals surface area contributed by atoms with E-state index < -0.39 is 0 Å². The van der Waals surface area contributed by atoms with Crippen molar-refractivity contribution in [1.82, 2.24) is 34.0 Å². The summed E-state index contributed by atoms with van der Waals surface area (Å²) in [6, 6.07) is 36.6. The fourth-order valence-electron chi connectivity index (χ4n) is 9.36. The minimum absolute atomic E-state index is 0.119. The molecule has 0 radical (unpaired) electrons. The Balaban J connectivity index is 0.000000152. The lowest BCUT2D eigenvalue weighted by Crippen LogP contribution is -2.42. The van der Waals surface area contributed by atoms with E-state index in [0.717, 1.165) is 113 Å². The van der Waals surface area contributed by atoms with Crippen molar-refractivity contribution in [2.45, 2.75) is 56.7 Å². The Labute approximate surface area is 365 Å². The molecule has 4 N–H and O–H groups in total. The summed E-state index contributed by atoms with van der Waals surface area (Å²) in [6.45, 7) is 3.74. The lowest BCUT2D eigenvalue weighted by Gasteiger charge is -2.32. The Morgan fingerprint density at radius 2 is 1.03 bits per heavy atom. The molecule has 63 heavy (non-hydrogen) atoms. The van der Waals surface area contributed by atoms with Gasteiger partial charge in [0.2, 0.25) is 0 Å². The first-order chi connectivity index (χ1) is 30.9. The fraction of sp³-hybridized carbons (Fsp3) is 0.260. The van der Waals surface area contributed by atoms with Crippen LogP contribution in [0.2, 0.25) is 0 Å². The largest absolute Gasteiger partial charge is 0.457 e. The van der Waals surface area contributed by atoms with Gasteiger partial charge in [0.05, 0.1) is 24.0 Å². The summed E-state index contributed by atoms with van der Waals surface area (Å²) in [5.74, 6) is 4.42. The number of morpholine rings is 1. The van der Waals surface area contributed by atoms with Crippen LogP contribution in [0.3, 0.4) is 0 Å². The van der Waals surface area contributed by atoms with E-state index in [9.17, 15) is 4.79 Å². The van der Waals surface area contributed by atoms with Gasteiger partial charge >= 0.3 is 0 Å². The molecule has 0 amide bonds. The van der Waals surface area contributed by atoms with Gasteiger partial charge in [0.25, 0.3) is 0 Å². The fourth-order valence-corrected chi connectivity index (χ4v) is 9.36. The van der Waals surface area contributed by atoms with E-state index in [0.29, 0.717) is 42.3 Å². The summed E-state index contributed by atoms with van der Waals surface area (Å²) >= 11 is 0. The molecule has 4 aromatic carbocycles. The SMILES string of the molecule is Nc1ncnc2c1c(-c1ccc(Oc3ccccc3)cc1)cn2C1CCC(=O)C1.Nc1ncnc2c1c(-c1ccc(Oc3ccccc3)cc1)cn2C1CCC(N2CCOCC2)C1. The van der Waals surface area contributed by atoms with Gasteiger partial charge in [0, 0.05) is 67.6 Å². The summed E-state index contributed by atoms with van der Waals surface area (Å²) in [4.78, 5) is 32.0. The highest BCUT2D eigenvalue weighted by atomic mass is 16.5. The van der Waals surface area contributed by atoms with Gasteiger partial charge < -0.3 is 34.8 Å².